The molecule has 2 aromatic carbocycles. The van der Waals surface area contributed by atoms with Gasteiger partial charge in [0.2, 0.25) is 0 Å². The predicted octanol–water partition coefficient (Wildman–Crippen LogP) is 3.69. The average Bonchev–Trinajstić information content (AvgIpc) is 2.81. The Morgan fingerprint density at radius 3 is 2.15 bits per heavy atom. The topological polar surface area (TPSA) is 77.4 Å². The Hall–Kier alpha value is -1.80. The number of fused-ring (bicyclic) bond motifs is 1. The normalized spacial score (nSPS) is 33.4. The van der Waals surface area contributed by atoms with Crippen molar-refractivity contribution in [1.82, 2.24) is 0 Å². The highest BCUT2D eigenvalue weighted by atomic mass is 16.7. The van der Waals surface area contributed by atoms with E-state index in [0.29, 0.717) is 26.2 Å². The van der Waals surface area contributed by atoms with Gasteiger partial charge >= 0.3 is 0 Å². The molecule has 6 nitrogen and oxygen atoms in total. The Kier molecular flexibility index (Phi) is 7.24. The SMILES string of the molecule is CC1(C)OC[C@]2(C)[C@H](C[C@@H](O)[C@](CO)(OCc3ccccc3)[C@H]2COCc2ccccc2)O1. The molecular formula is C27H36O6. The van der Waals surface area contributed by atoms with Crippen LogP contribution in [0, 0.1) is 11.3 Å². The van der Waals surface area contributed by atoms with Crippen molar-refractivity contribution in [2.45, 2.75) is 64.0 Å². The number of aliphatic hydroxyl groups excluding tert-OH is 2. The van der Waals surface area contributed by atoms with E-state index in [1.807, 2.05) is 74.5 Å². The van der Waals surface area contributed by atoms with Gasteiger partial charge in [0.1, 0.15) is 5.60 Å². The molecule has 1 saturated heterocycles. The van der Waals surface area contributed by atoms with Crippen molar-refractivity contribution in [2.75, 3.05) is 19.8 Å². The lowest BCUT2D eigenvalue weighted by molar-refractivity contribution is -0.367. The van der Waals surface area contributed by atoms with Gasteiger partial charge in [-0.05, 0) is 25.0 Å². The molecule has 1 heterocycles. The fourth-order valence-corrected chi connectivity index (χ4v) is 5.22. The standard InChI is InChI=1S/C27H36O6/c1-25(2)32-19-26(3)22(17-30-15-20-10-6-4-7-11-20)27(18-28,23(29)14-24(26)33-25)31-16-21-12-8-5-9-13-21/h4-13,22-24,28-29H,14-19H2,1-3H3/t22-,23+,24-,26-,27+/m0/s1. The molecule has 0 radical (unpaired) electrons. The van der Waals surface area contributed by atoms with Gasteiger partial charge in [-0.25, -0.2) is 0 Å². The second-order valence-electron chi connectivity index (χ2n) is 9.99. The second-order valence-corrected chi connectivity index (χ2v) is 9.99. The van der Waals surface area contributed by atoms with Crippen LogP contribution in [0.1, 0.15) is 38.3 Å². The molecule has 1 aliphatic heterocycles. The predicted molar refractivity (Wildman–Crippen MR) is 124 cm³/mol. The molecule has 2 aromatic rings. The highest BCUT2D eigenvalue weighted by molar-refractivity contribution is 5.16. The molecule has 4 rings (SSSR count). The third-order valence-corrected chi connectivity index (χ3v) is 7.27. The molecular weight excluding hydrogens is 420 g/mol. The summed E-state index contributed by atoms with van der Waals surface area (Å²) in [4.78, 5) is 0. The van der Waals surface area contributed by atoms with E-state index in [9.17, 15) is 10.2 Å². The van der Waals surface area contributed by atoms with Crippen LogP contribution in [-0.2, 0) is 32.2 Å². The zero-order valence-corrected chi connectivity index (χ0v) is 19.8. The number of benzene rings is 2. The van der Waals surface area contributed by atoms with Gasteiger partial charge < -0.3 is 29.2 Å². The van der Waals surface area contributed by atoms with E-state index in [0.717, 1.165) is 11.1 Å². The summed E-state index contributed by atoms with van der Waals surface area (Å²) < 4.78 is 24.9. The zero-order chi connectivity index (χ0) is 23.5. The van der Waals surface area contributed by atoms with E-state index < -0.39 is 22.9 Å². The van der Waals surface area contributed by atoms with Crippen LogP contribution in [0.2, 0.25) is 0 Å². The van der Waals surface area contributed by atoms with Crippen molar-refractivity contribution >= 4 is 0 Å². The summed E-state index contributed by atoms with van der Waals surface area (Å²) >= 11 is 0. The summed E-state index contributed by atoms with van der Waals surface area (Å²) in [5.41, 5.74) is 0.329. The third kappa shape index (κ3) is 5.02. The van der Waals surface area contributed by atoms with Gasteiger partial charge in [-0.3, -0.25) is 0 Å². The Bertz CT molecular complexity index is 888. The zero-order valence-electron chi connectivity index (χ0n) is 19.8. The first-order valence-corrected chi connectivity index (χ1v) is 11.7. The monoisotopic (exact) mass is 456 g/mol. The number of hydrogen-bond donors (Lipinski definition) is 2. The van der Waals surface area contributed by atoms with E-state index in [2.05, 4.69) is 6.92 Å². The lowest BCUT2D eigenvalue weighted by Gasteiger charge is -2.60. The van der Waals surface area contributed by atoms with Gasteiger partial charge in [-0.2, -0.15) is 0 Å². The Morgan fingerprint density at radius 2 is 1.55 bits per heavy atom. The molecule has 0 aromatic heterocycles. The van der Waals surface area contributed by atoms with E-state index in [-0.39, 0.29) is 25.2 Å². The molecule has 5 atom stereocenters. The average molecular weight is 457 g/mol. The van der Waals surface area contributed by atoms with Crippen molar-refractivity contribution in [3.63, 3.8) is 0 Å². The number of rotatable bonds is 8. The van der Waals surface area contributed by atoms with Crippen LogP contribution in [0.5, 0.6) is 0 Å². The molecule has 0 amide bonds. The van der Waals surface area contributed by atoms with Gasteiger partial charge in [0.05, 0.1) is 45.2 Å². The second kappa shape index (κ2) is 9.82. The van der Waals surface area contributed by atoms with Crippen molar-refractivity contribution in [3.8, 4) is 0 Å². The summed E-state index contributed by atoms with van der Waals surface area (Å²) in [5.74, 6) is -1.09. The summed E-state index contributed by atoms with van der Waals surface area (Å²) in [7, 11) is 0. The third-order valence-electron chi connectivity index (χ3n) is 7.27. The van der Waals surface area contributed by atoms with E-state index in [1.54, 1.807) is 0 Å². The lowest BCUT2D eigenvalue weighted by Crippen LogP contribution is -2.71. The molecule has 2 N–H and O–H groups in total. The number of aliphatic hydroxyl groups is 2. The maximum atomic E-state index is 11.3. The van der Waals surface area contributed by atoms with E-state index in [1.165, 1.54) is 0 Å². The molecule has 0 bridgehead atoms. The van der Waals surface area contributed by atoms with Crippen LogP contribution < -0.4 is 0 Å². The summed E-state index contributed by atoms with van der Waals surface area (Å²) in [6.45, 7) is 6.97. The molecule has 2 aliphatic rings. The maximum absolute atomic E-state index is 11.3. The molecule has 33 heavy (non-hydrogen) atoms. The quantitative estimate of drug-likeness (QED) is 0.631. The van der Waals surface area contributed by atoms with Gasteiger partial charge in [-0.1, -0.05) is 67.6 Å². The highest BCUT2D eigenvalue weighted by Gasteiger charge is 2.63. The number of ether oxygens (including phenoxy) is 4. The van der Waals surface area contributed by atoms with Crippen LogP contribution in [0.25, 0.3) is 0 Å². The highest BCUT2D eigenvalue weighted by Crippen LogP contribution is 2.53. The van der Waals surface area contributed by atoms with E-state index >= 15 is 0 Å². The lowest BCUT2D eigenvalue weighted by atomic mass is 9.57. The molecule has 0 unspecified atom stereocenters. The molecule has 6 heteroatoms. The Labute approximate surface area is 196 Å². The number of hydrogen-bond acceptors (Lipinski definition) is 6. The van der Waals surface area contributed by atoms with Crippen LogP contribution in [0.3, 0.4) is 0 Å². The minimum atomic E-state index is -1.20. The van der Waals surface area contributed by atoms with Gasteiger partial charge in [0.15, 0.2) is 5.79 Å². The van der Waals surface area contributed by atoms with Gasteiger partial charge in [0, 0.05) is 17.8 Å². The molecule has 1 aliphatic carbocycles. The molecule has 2 fully saturated rings. The maximum Gasteiger partial charge on any atom is 0.163 e. The first-order chi connectivity index (χ1) is 15.8. The molecule has 180 valence electrons. The fraction of sp³-hybridized carbons (Fsp3) is 0.556. The Morgan fingerprint density at radius 1 is 0.939 bits per heavy atom. The minimum Gasteiger partial charge on any atom is -0.393 e. The fourth-order valence-electron chi connectivity index (χ4n) is 5.22. The largest absolute Gasteiger partial charge is 0.393 e. The van der Waals surface area contributed by atoms with Crippen LogP contribution in [0.15, 0.2) is 60.7 Å². The summed E-state index contributed by atoms with van der Waals surface area (Å²) in [6.07, 6.45) is -0.807. The van der Waals surface area contributed by atoms with Crippen LogP contribution >= 0.6 is 0 Å². The summed E-state index contributed by atoms with van der Waals surface area (Å²) in [6, 6.07) is 19.8. The van der Waals surface area contributed by atoms with Crippen LogP contribution in [-0.4, -0.2) is 53.6 Å². The van der Waals surface area contributed by atoms with Crippen molar-refractivity contribution in [3.05, 3.63) is 71.8 Å². The Balaban J connectivity index is 1.61. The van der Waals surface area contributed by atoms with Gasteiger partial charge in [-0.15, -0.1) is 0 Å². The van der Waals surface area contributed by atoms with Crippen molar-refractivity contribution in [1.29, 1.82) is 0 Å². The van der Waals surface area contributed by atoms with Crippen molar-refractivity contribution in [2.24, 2.45) is 11.3 Å². The van der Waals surface area contributed by atoms with E-state index in [4.69, 9.17) is 18.9 Å². The molecule has 0 spiro atoms. The first kappa shape index (κ1) is 24.3. The summed E-state index contributed by atoms with van der Waals surface area (Å²) in [5, 5.41) is 22.0. The van der Waals surface area contributed by atoms with Crippen molar-refractivity contribution < 1.29 is 29.2 Å². The smallest absolute Gasteiger partial charge is 0.163 e. The van der Waals surface area contributed by atoms with Crippen LogP contribution in [0.4, 0.5) is 0 Å². The molecule has 1 saturated carbocycles. The minimum absolute atomic E-state index is 0.249. The first-order valence-electron chi connectivity index (χ1n) is 11.7. The van der Waals surface area contributed by atoms with Gasteiger partial charge in [0.25, 0.3) is 0 Å².